The zero-order valence-corrected chi connectivity index (χ0v) is 12.9. The lowest BCUT2D eigenvalue weighted by atomic mass is 10.1. The van der Waals surface area contributed by atoms with Crippen LogP contribution in [0.25, 0.3) is 0 Å². The van der Waals surface area contributed by atoms with Gasteiger partial charge in [-0.3, -0.25) is 0 Å². The smallest absolute Gasteiger partial charge is 0.130 e. The molecule has 0 spiro atoms. The minimum atomic E-state index is 0.614. The van der Waals surface area contributed by atoms with Crippen LogP contribution in [0.2, 0.25) is 0 Å². The van der Waals surface area contributed by atoms with E-state index in [1.54, 1.807) is 11.8 Å². The Kier molecular flexibility index (Phi) is 5.16. The van der Waals surface area contributed by atoms with E-state index in [0.29, 0.717) is 10.6 Å². The molecule has 0 fully saturated rings. The SMILES string of the molecule is CC(C)Cc1cc(=S)nc(CSc2ccccc2)[nH]1. The van der Waals surface area contributed by atoms with Crippen molar-refractivity contribution in [3.8, 4) is 0 Å². The van der Waals surface area contributed by atoms with E-state index in [1.807, 2.05) is 24.3 Å². The molecule has 0 saturated carbocycles. The van der Waals surface area contributed by atoms with Crippen molar-refractivity contribution in [2.24, 2.45) is 5.92 Å². The first-order chi connectivity index (χ1) is 9.13. The topological polar surface area (TPSA) is 28.7 Å². The Balaban J connectivity index is 2.08. The standard InChI is InChI=1S/C15H18N2S2/c1-11(2)8-12-9-15(18)17-14(16-12)10-19-13-6-4-3-5-7-13/h3-7,9,11H,8,10H2,1-2H3,(H,16,17,18). The number of rotatable bonds is 5. The van der Waals surface area contributed by atoms with Gasteiger partial charge in [0.15, 0.2) is 0 Å². The van der Waals surface area contributed by atoms with Crippen molar-refractivity contribution >= 4 is 24.0 Å². The van der Waals surface area contributed by atoms with Crippen molar-refractivity contribution in [2.45, 2.75) is 30.9 Å². The van der Waals surface area contributed by atoms with Gasteiger partial charge in [0.05, 0.1) is 5.75 Å². The Bertz CT molecular complexity index is 576. The molecule has 1 N–H and O–H groups in total. The molecule has 0 saturated heterocycles. The van der Waals surface area contributed by atoms with Crippen LogP contribution in [0.15, 0.2) is 41.3 Å². The predicted octanol–water partition coefficient (Wildman–Crippen LogP) is 4.63. The molecule has 100 valence electrons. The largest absolute Gasteiger partial charge is 0.346 e. The van der Waals surface area contributed by atoms with Crippen LogP contribution in [0.4, 0.5) is 0 Å². The second kappa shape index (κ2) is 6.87. The van der Waals surface area contributed by atoms with Crippen LogP contribution in [-0.4, -0.2) is 9.97 Å². The summed E-state index contributed by atoms with van der Waals surface area (Å²) in [5.41, 5.74) is 1.18. The molecule has 2 nitrogen and oxygen atoms in total. The highest BCUT2D eigenvalue weighted by Crippen LogP contribution is 2.20. The summed E-state index contributed by atoms with van der Waals surface area (Å²) in [5, 5.41) is 0. The van der Waals surface area contributed by atoms with Crippen LogP contribution >= 0.6 is 24.0 Å². The summed E-state index contributed by atoms with van der Waals surface area (Å²) in [5.74, 6) is 2.39. The van der Waals surface area contributed by atoms with Crippen LogP contribution < -0.4 is 0 Å². The van der Waals surface area contributed by atoms with Crippen LogP contribution in [0, 0.1) is 10.6 Å². The Morgan fingerprint density at radius 2 is 2.00 bits per heavy atom. The Hall–Kier alpha value is -1.13. The number of hydrogen-bond acceptors (Lipinski definition) is 3. The van der Waals surface area contributed by atoms with Crippen molar-refractivity contribution in [1.82, 2.24) is 9.97 Å². The van der Waals surface area contributed by atoms with Gasteiger partial charge in [0.25, 0.3) is 0 Å². The van der Waals surface area contributed by atoms with Gasteiger partial charge in [0.1, 0.15) is 10.5 Å². The second-order valence-electron chi connectivity index (χ2n) is 4.89. The second-order valence-corrected chi connectivity index (χ2v) is 6.36. The Morgan fingerprint density at radius 1 is 1.26 bits per heavy atom. The molecular weight excluding hydrogens is 272 g/mol. The molecule has 0 aliphatic rings. The molecule has 19 heavy (non-hydrogen) atoms. The number of aromatic nitrogens is 2. The molecule has 0 unspecified atom stereocenters. The third kappa shape index (κ3) is 4.80. The number of benzene rings is 1. The molecule has 4 heteroatoms. The number of thioether (sulfide) groups is 1. The van der Waals surface area contributed by atoms with Crippen molar-refractivity contribution < 1.29 is 0 Å². The minimum absolute atomic E-state index is 0.614. The summed E-state index contributed by atoms with van der Waals surface area (Å²) >= 11 is 7.00. The molecule has 1 aromatic heterocycles. The molecule has 0 amide bonds. The highest BCUT2D eigenvalue weighted by molar-refractivity contribution is 7.98. The first kappa shape index (κ1) is 14.3. The Morgan fingerprint density at radius 3 is 2.68 bits per heavy atom. The van der Waals surface area contributed by atoms with E-state index in [1.165, 1.54) is 10.6 Å². The van der Waals surface area contributed by atoms with Gasteiger partial charge in [0, 0.05) is 10.6 Å². The van der Waals surface area contributed by atoms with E-state index in [-0.39, 0.29) is 0 Å². The summed E-state index contributed by atoms with van der Waals surface area (Å²) in [6, 6.07) is 12.3. The molecule has 1 heterocycles. The minimum Gasteiger partial charge on any atom is -0.346 e. The molecule has 0 aliphatic carbocycles. The number of nitrogens with one attached hydrogen (secondary N) is 1. The van der Waals surface area contributed by atoms with Crippen molar-refractivity contribution in [2.75, 3.05) is 0 Å². The van der Waals surface area contributed by atoms with E-state index in [2.05, 4.69) is 35.9 Å². The zero-order valence-electron chi connectivity index (χ0n) is 11.2. The maximum absolute atomic E-state index is 5.23. The van der Waals surface area contributed by atoms with E-state index in [0.717, 1.165) is 18.0 Å². The molecule has 0 aliphatic heterocycles. The highest BCUT2D eigenvalue weighted by atomic mass is 32.2. The summed E-state index contributed by atoms with van der Waals surface area (Å²) in [4.78, 5) is 9.03. The normalized spacial score (nSPS) is 10.9. The van der Waals surface area contributed by atoms with E-state index >= 15 is 0 Å². The summed E-state index contributed by atoms with van der Waals surface area (Å²) in [6.07, 6.45) is 1.01. The number of hydrogen-bond donors (Lipinski definition) is 1. The quantitative estimate of drug-likeness (QED) is 0.643. The average molecular weight is 290 g/mol. The summed E-state index contributed by atoms with van der Waals surface area (Å²) in [7, 11) is 0. The van der Waals surface area contributed by atoms with E-state index in [4.69, 9.17) is 12.2 Å². The first-order valence-corrected chi connectivity index (χ1v) is 7.80. The lowest BCUT2D eigenvalue weighted by molar-refractivity contribution is 0.631. The van der Waals surface area contributed by atoms with Crippen LogP contribution in [0.3, 0.4) is 0 Å². The lowest BCUT2D eigenvalue weighted by Gasteiger charge is -2.08. The van der Waals surface area contributed by atoms with Gasteiger partial charge in [-0.1, -0.05) is 44.3 Å². The van der Waals surface area contributed by atoms with Crippen molar-refractivity contribution in [1.29, 1.82) is 0 Å². The van der Waals surface area contributed by atoms with Crippen molar-refractivity contribution in [3.05, 3.63) is 52.6 Å². The third-order valence-corrected chi connectivity index (χ3v) is 3.83. The number of nitrogens with zero attached hydrogens (tertiary/aromatic N) is 1. The van der Waals surface area contributed by atoms with E-state index < -0.39 is 0 Å². The van der Waals surface area contributed by atoms with Gasteiger partial charge >= 0.3 is 0 Å². The van der Waals surface area contributed by atoms with Gasteiger partial charge in [0.2, 0.25) is 0 Å². The molecule has 1 aromatic carbocycles. The van der Waals surface area contributed by atoms with Crippen LogP contribution in [-0.2, 0) is 12.2 Å². The predicted molar refractivity (Wildman–Crippen MR) is 84.0 cm³/mol. The molecule has 0 radical (unpaired) electrons. The van der Waals surface area contributed by atoms with Crippen LogP contribution in [0.1, 0.15) is 25.4 Å². The Labute approximate surface area is 123 Å². The maximum atomic E-state index is 5.23. The lowest BCUT2D eigenvalue weighted by Crippen LogP contribution is -2.02. The summed E-state index contributed by atoms with van der Waals surface area (Å²) in [6.45, 7) is 4.41. The average Bonchev–Trinajstić information content (AvgIpc) is 2.36. The summed E-state index contributed by atoms with van der Waals surface area (Å²) < 4.78 is 0.679. The first-order valence-electron chi connectivity index (χ1n) is 6.40. The maximum Gasteiger partial charge on any atom is 0.130 e. The van der Waals surface area contributed by atoms with Gasteiger partial charge in [-0.2, -0.15) is 0 Å². The van der Waals surface area contributed by atoms with Crippen LogP contribution in [0.5, 0.6) is 0 Å². The van der Waals surface area contributed by atoms with E-state index in [9.17, 15) is 0 Å². The molecular formula is C15H18N2S2. The highest BCUT2D eigenvalue weighted by Gasteiger charge is 2.03. The molecule has 0 bridgehead atoms. The zero-order chi connectivity index (χ0) is 13.7. The monoisotopic (exact) mass is 290 g/mol. The fourth-order valence-electron chi connectivity index (χ4n) is 1.85. The fourth-order valence-corrected chi connectivity index (χ4v) is 2.89. The van der Waals surface area contributed by atoms with Gasteiger partial charge < -0.3 is 4.98 Å². The fraction of sp³-hybridized carbons (Fsp3) is 0.333. The molecule has 0 atom stereocenters. The van der Waals surface area contributed by atoms with Crippen molar-refractivity contribution in [3.63, 3.8) is 0 Å². The van der Waals surface area contributed by atoms with Gasteiger partial charge in [-0.05, 0) is 30.5 Å². The third-order valence-electron chi connectivity index (χ3n) is 2.59. The molecule has 2 rings (SSSR count). The molecule has 2 aromatic rings. The van der Waals surface area contributed by atoms with Gasteiger partial charge in [-0.25, -0.2) is 4.98 Å². The number of H-pyrrole nitrogens is 1. The van der Waals surface area contributed by atoms with Gasteiger partial charge in [-0.15, -0.1) is 11.8 Å². The number of aromatic amines is 1.